The Morgan fingerprint density at radius 1 is 0.917 bits per heavy atom. The fourth-order valence-electron chi connectivity index (χ4n) is 4.27. The van der Waals surface area contributed by atoms with Gasteiger partial charge in [0.25, 0.3) is 0 Å². The number of hydrogen-bond donors (Lipinski definition) is 2. The van der Waals surface area contributed by atoms with Crippen molar-refractivity contribution in [3.8, 4) is 0 Å². The Kier molecular flexibility index (Phi) is 5.07. The second-order valence-corrected chi connectivity index (χ2v) is 7.35. The zero-order valence-electron chi connectivity index (χ0n) is 14.9. The number of piperidine rings is 1. The van der Waals surface area contributed by atoms with E-state index < -0.39 is 5.60 Å². The Labute approximate surface area is 145 Å². The summed E-state index contributed by atoms with van der Waals surface area (Å²) in [7, 11) is 0. The maximum Gasteiger partial charge on any atom is 0.0709 e. The van der Waals surface area contributed by atoms with Gasteiger partial charge in [-0.05, 0) is 24.5 Å². The van der Waals surface area contributed by atoms with Crippen LogP contribution in [0.15, 0.2) is 60.7 Å². The normalized spacial score (nSPS) is 33.3. The molecule has 24 heavy (non-hydrogen) atoms. The van der Waals surface area contributed by atoms with Gasteiger partial charge in [0.05, 0.1) is 5.60 Å². The second kappa shape index (κ2) is 7.08. The monoisotopic (exact) mass is 323 g/mol. The lowest BCUT2D eigenvalue weighted by Crippen LogP contribution is -2.56. The number of hydrogen-bond acceptors (Lipinski definition) is 2. The molecule has 1 aliphatic rings. The standard InChI is InChI=1S/C22H29NO/c1-4-11-19-21(18-14-9-6-10-15-18)23-20(16(2)22(19,3)24)17-12-7-5-8-13-17/h5-10,12-16,19-21,23-24H,4,11H2,1-3H3/t16-,19-,20+,21+,22-/m1/s1. The van der Waals surface area contributed by atoms with E-state index in [1.807, 2.05) is 13.0 Å². The fourth-order valence-corrected chi connectivity index (χ4v) is 4.27. The van der Waals surface area contributed by atoms with E-state index in [1.165, 1.54) is 11.1 Å². The summed E-state index contributed by atoms with van der Waals surface area (Å²) >= 11 is 0. The summed E-state index contributed by atoms with van der Waals surface area (Å²) in [6, 6.07) is 21.4. The molecule has 2 aromatic rings. The highest BCUT2D eigenvalue weighted by molar-refractivity contribution is 5.27. The minimum absolute atomic E-state index is 0.149. The molecule has 2 N–H and O–H groups in total. The molecule has 3 rings (SSSR count). The number of aliphatic hydroxyl groups is 1. The van der Waals surface area contributed by atoms with Crippen molar-refractivity contribution in [1.29, 1.82) is 0 Å². The van der Waals surface area contributed by atoms with E-state index in [0.717, 1.165) is 12.8 Å². The number of rotatable bonds is 4. The summed E-state index contributed by atoms with van der Waals surface area (Å²) in [6.45, 7) is 6.41. The summed E-state index contributed by atoms with van der Waals surface area (Å²) in [5, 5.41) is 15.3. The molecule has 0 radical (unpaired) electrons. The molecule has 1 saturated heterocycles. The summed E-state index contributed by atoms with van der Waals surface area (Å²) in [6.07, 6.45) is 2.10. The Morgan fingerprint density at radius 2 is 1.42 bits per heavy atom. The van der Waals surface area contributed by atoms with E-state index in [4.69, 9.17) is 0 Å². The van der Waals surface area contributed by atoms with Crippen molar-refractivity contribution in [2.45, 2.75) is 51.3 Å². The number of benzene rings is 2. The van der Waals surface area contributed by atoms with Crippen LogP contribution in [0.25, 0.3) is 0 Å². The molecule has 128 valence electrons. The van der Waals surface area contributed by atoms with Crippen LogP contribution in [0.3, 0.4) is 0 Å². The average molecular weight is 323 g/mol. The molecule has 1 heterocycles. The molecule has 1 fully saturated rings. The van der Waals surface area contributed by atoms with E-state index in [0.29, 0.717) is 0 Å². The molecule has 0 aliphatic carbocycles. The summed E-state index contributed by atoms with van der Waals surface area (Å²) in [5.41, 5.74) is 1.81. The van der Waals surface area contributed by atoms with Crippen LogP contribution < -0.4 is 5.32 Å². The second-order valence-electron chi connectivity index (χ2n) is 7.35. The van der Waals surface area contributed by atoms with Crippen LogP contribution >= 0.6 is 0 Å². The molecular weight excluding hydrogens is 294 g/mol. The van der Waals surface area contributed by atoms with Crippen LogP contribution in [-0.2, 0) is 0 Å². The molecule has 2 nitrogen and oxygen atoms in total. The van der Waals surface area contributed by atoms with Crippen LogP contribution in [0.5, 0.6) is 0 Å². The van der Waals surface area contributed by atoms with Gasteiger partial charge < -0.3 is 10.4 Å². The van der Waals surface area contributed by atoms with Gasteiger partial charge in [0.2, 0.25) is 0 Å². The molecule has 2 aromatic carbocycles. The molecule has 1 aliphatic heterocycles. The minimum Gasteiger partial charge on any atom is -0.389 e. The lowest BCUT2D eigenvalue weighted by Gasteiger charge is -2.52. The molecular formula is C22H29NO. The van der Waals surface area contributed by atoms with Gasteiger partial charge in [-0.2, -0.15) is 0 Å². The van der Waals surface area contributed by atoms with Gasteiger partial charge in [-0.15, -0.1) is 0 Å². The van der Waals surface area contributed by atoms with Crippen LogP contribution in [0.1, 0.15) is 56.8 Å². The lowest BCUT2D eigenvalue weighted by molar-refractivity contribution is -0.105. The summed E-state index contributed by atoms with van der Waals surface area (Å²) < 4.78 is 0. The molecule has 0 saturated carbocycles. The maximum absolute atomic E-state index is 11.5. The summed E-state index contributed by atoms with van der Waals surface area (Å²) in [5.74, 6) is 0.358. The van der Waals surface area contributed by atoms with Gasteiger partial charge in [0, 0.05) is 23.9 Å². The zero-order chi connectivity index (χ0) is 17.2. The van der Waals surface area contributed by atoms with Crippen molar-refractivity contribution in [3.63, 3.8) is 0 Å². The molecule has 0 amide bonds. The predicted octanol–water partition coefficient (Wildman–Crippen LogP) is 4.88. The zero-order valence-corrected chi connectivity index (χ0v) is 14.9. The van der Waals surface area contributed by atoms with E-state index in [9.17, 15) is 5.11 Å². The third-order valence-corrected chi connectivity index (χ3v) is 5.85. The van der Waals surface area contributed by atoms with Crippen LogP contribution in [-0.4, -0.2) is 10.7 Å². The van der Waals surface area contributed by atoms with E-state index in [-0.39, 0.29) is 23.9 Å². The first-order chi connectivity index (χ1) is 11.6. The molecule has 0 unspecified atom stereocenters. The van der Waals surface area contributed by atoms with E-state index in [1.54, 1.807) is 0 Å². The van der Waals surface area contributed by atoms with Gasteiger partial charge in [-0.3, -0.25) is 0 Å². The van der Waals surface area contributed by atoms with Crippen molar-refractivity contribution in [3.05, 3.63) is 71.8 Å². The molecule has 0 spiro atoms. The SMILES string of the molecule is CCC[C@@H]1[C@H](c2ccccc2)N[C@H](c2ccccc2)[C@@H](C)[C@@]1(C)O. The fraction of sp³-hybridized carbons (Fsp3) is 0.455. The quantitative estimate of drug-likeness (QED) is 0.841. The first kappa shape index (κ1) is 17.2. The van der Waals surface area contributed by atoms with Gasteiger partial charge in [0.15, 0.2) is 0 Å². The van der Waals surface area contributed by atoms with E-state index in [2.05, 4.69) is 73.8 Å². The number of nitrogens with one attached hydrogen (secondary N) is 1. The molecule has 0 bridgehead atoms. The first-order valence-electron chi connectivity index (χ1n) is 9.14. The Hall–Kier alpha value is -1.64. The Balaban J connectivity index is 2.01. The van der Waals surface area contributed by atoms with Crippen molar-refractivity contribution in [2.75, 3.05) is 0 Å². The van der Waals surface area contributed by atoms with Gasteiger partial charge >= 0.3 is 0 Å². The van der Waals surface area contributed by atoms with Crippen molar-refractivity contribution >= 4 is 0 Å². The highest BCUT2D eigenvalue weighted by Crippen LogP contribution is 2.48. The third-order valence-electron chi connectivity index (χ3n) is 5.85. The van der Waals surface area contributed by atoms with Crippen LogP contribution in [0.2, 0.25) is 0 Å². The van der Waals surface area contributed by atoms with Gasteiger partial charge in [0.1, 0.15) is 0 Å². The Bertz CT molecular complexity index is 638. The molecule has 0 aromatic heterocycles. The highest BCUT2D eigenvalue weighted by Gasteiger charge is 2.49. The van der Waals surface area contributed by atoms with E-state index >= 15 is 0 Å². The first-order valence-corrected chi connectivity index (χ1v) is 9.14. The largest absolute Gasteiger partial charge is 0.389 e. The maximum atomic E-state index is 11.5. The van der Waals surface area contributed by atoms with Gasteiger partial charge in [-0.25, -0.2) is 0 Å². The molecule has 5 atom stereocenters. The third kappa shape index (κ3) is 3.13. The van der Waals surface area contributed by atoms with Gasteiger partial charge in [-0.1, -0.05) is 80.9 Å². The highest BCUT2D eigenvalue weighted by atomic mass is 16.3. The van der Waals surface area contributed by atoms with Crippen molar-refractivity contribution in [2.24, 2.45) is 11.8 Å². The smallest absolute Gasteiger partial charge is 0.0709 e. The summed E-state index contributed by atoms with van der Waals surface area (Å²) in [4.78, 5) is 0. The predicted molar refractivity (Wildman–Crippen MR) is 99.7 cm³/mol. The van der Waals surface area contributed by atoms with Crippen molar-refractivity contribution in [1.82, 2.24) is 5.32 Å². The van der Waals surface area contributed by atoms with Crippen molar-refractivity contribution < 1.29 is 5.11 Å². The Morgan fingerprint density at radius 3 is 1.92 bits per heavy atom. The average Bonchev–Trinajstić information content (AvgIpc) is 2.61. The lowest BCUT2D eigenvalue weighted by atomic mass is 9.65. The topological polar surface area (TPSA) is 32.3 Å². The van der Waals surface area contributed by atoms with Crippen LogP contribution in [0.4, 0.5) is 0 Å². The molecule has 2 heteroatoms. The van der Waals surface area contributed by atoms with Crippen LogP contribution in [0, 0.1) is 11.8 Å². The minimum atomic E-state index is -0.706.